The van der Waals surface area contributed by atoms with Crippen molar-refractivity contribution in [2.75, 3.05) is 5.32 Å². The van der Waals surface area contributed by atoms with E-state index in [0.717, 1.165) is 11.0 Å². The van der Waals surface area contributed by atoms with Crippen molar-refractivity contribution in [2.45, 2.75) is 39.5 Å². The minimum atomic E-state index is -1.03. The van der Waals surface area contributed by atoms with Crippen LogP contribution in [0.15, 0.2) is 53.3 Å². The zero-order chi connectivity index (χ0) is 22.5. The van der Waals surface area contributed by atoms with Crippen LogP contribution < -0.4 is 16.7 Å². The molecule has 0 saturated heterocycles. The lowest BCUT2D eigenvalue weighted by atomic mass is 10.2. The van der Waals surface area contributed by atoms with E-state index in [-0.39, 0.29) is 18.7 Å². The van der Waals surface area contributed by atoms with Gasteiger partial charge in [-0.2, -0.15) is 0 Å². The zero-order valence-corrected chi connectivity index (χ0v) is 17.3. The molecule has 9 heteroatoms. The van der Waals surface area contributed by atoms with Crippen molar-refractivity contribution in [3.05, 3.63) is 64.6 Å². The Morgan fingerprint density at radius 1 is 1.03 bits per heavy atom. The van der Waals surface area contributed by atoms with E-state index in [1.54, 1.807) is 4.57 Å². The predicted molar refractivity (Wildman–Crippen MR) is 116 cm³/mol. The quantitative estimate of drug-likeness (QED) is 0.534. The number of hydrogen-bond acceptors (Lipinski definition) is 5. The molecule has 162 valence electrons. The van der Waals surface area contributed by atoms with E-state index in [4.69, 9.17) is 10.5 Å². The number of para-hydroxylation sites is 2. The molecule has 2 aromatic carbocycles. The van der Waals surface area contributed by atoms with E-state index in [1.165, 1.54) is 35.8 Å². The number of benzene rings is 2. The molecule has 0 aliphatic heterocycles. The summed E-state index contributed by atoms with van der Waals surface area (Å²) in [6.07, 6.45) is -1.08. The maximum absolute atomic E-state index is 12.6. The zero-order valence-electron chi connectivity index (χ0n) is 17.3. The van der Waals surface area contributed by atoms with Gasteiger partial charge in [0.2, 0.25) is 5.91 Å². The van der Waals surface area contributed by atoms with Gasteiger partial charge in [-0.3, -0.25) is 23.5 Å². The second kappa shape index (κ2) is 9.29. The number of ether oxygens (including phenoxy) is 1. The van der Waals surface area contributed by atoms with Crippen molar-refractivity contribution in [3.8, 4) is 0 Å². The van der Waals surface area contributed by atoms with Crippen LogP contribution in [0.25, 0.3) is 11.0 Å². The molecule has 2 amide bonds. The van der Waals surface area contributed by atoms with Crippen molar-refractivity contribution in [3.63, 3.8) is 0 Å². The molecule has 0 fully saturated rings. The van der Waals surface area contributed by atoms with Crippen LogP contribution in [-0.2, 0) is 27.4 Å². The molecule has 3 N–H and O–H groups in total. The number of esters is 1. The number of aromatic nitrogens is 2. The summed E-state index contributed by atoms with van der Waals surface area (Å²) in [6, 6.07) is 13.4. The highest BCUT2D eigenvalue weighted by atomic mass is 16.5. The number of nitrogens with zero attached hydrogens (tertiary/aromatic N) is 2. The third-order valence-electron chi connectivity index (χ3n) is 4.90. The molecule has 1 heterocycles. The Morgan fingerprint density at radius 3 is 2.23 bits per heavy atom. The number of imidazole rings is 1. The summed E-state index contributed by atoms with van der Waals surface area (Å²) in [5, 5.41) is 2.60. The van der Waals surface area contributed by atoms with Crippen molar-refractivity contribution in [1.29, 1.82) is 0 Å². The van der Waals surface area contributed by atoms with Crippen LogP contribution in [0, 0.1) is 0 Å². The molecule has 3 rings (SSSR count). The number of primary amides is 1. The predicted octanol–water partition coefficient (Wildman–Crippen LogP) is 1.88. The molecule has 1 unspecified atom stereocenters. The van der Waals surface area contributed by atoms with Crippen LogP contribution in [0.5, 0.6) is 0 Å². The molecule has 1 aromatic heterocycles. The van der Waals surface area contributed by atoms with Gasteiger partial charge in [0.15, 0.2) is 6.10 Å². The highest BCUT2D eigenvalue weighted by molar-refractivity contribution is 5.96. The third-order valence-corrected chi connectivity index (χ3v) is 4.90. The molecular weight excluding hydrogens is 400 g/mol. The first-order valence-electron chi connectivity index (χ1n) is 9.90. The molecular formula is C22H24N4O5. The Balaban J connectivity index is 1.59. The molecule has 3 aromatic rings. The lowest BCUT2D eigenvalue weighted by molar-refractivity contribution is -0.153. The minimum absolute atomic E-state index is 0.0530. The summed E-state index contributed by atoms with van der Waals surface area (Å²) >= 11 is 0. The normalized spacial score (nSPS) is 11.8. The van der Waals surface area contributed by atoms with Crippen LogP contribution in [0.4, 0.5) is 5.69 Å². The van der Waals surface area contributed by atoms with E-state index in [2.05, 4.69) is 5.32 Å². The number of carbonyl (C=O) groups excluding carboxylic acids is 3. The molecule has 0 radical (unpaired) electrons. The van der Waals surface area contributed by atoms with Gasteiger partial charge >= 0.3 is 11.7 Å². The lowest BCUT2D eigenvalue weighted by Gasteiger charge is -2.14. The molecule has 0 aliphatic rings. The van der Waals surface area contributed by atoms with Gasteiger partial charge < -0.3 is 15.8 Å². The third kappa shape index (κ3) is 4.82. The molecule has 1 atom stereocenters. The Labute approximate surface area is 178 Å². The summed E-state index contributed by atoms with van der Waals surface area (Å²) in [5.41, 5.74) is 7.29. The fourth-order valence-corrected chi connectivity index (χ4v) is 3.27. The number of hydrogen-bond donors (Lipinski definition) is 2. The minimum Gasteiger partial charge on any atom is -0.452 e. The number of fused-ring (bicyclic) bond motifs is 1. The van der Waals surface area contributed by atoms with Crippen molar-refractivity contribution in [1.82, 2.24) is 9.13 Å². The maximum Gasteiger partial charge on any atom is 0.329 e. The highest BCUT2D eigenvalue weighted by Crippen LogP contribution is 2.14. The molecule has 31 heavy (non-hydrogen) atoms. The number of amides is 2. The van der Waals surface area contributed by atoms with E-state index >= 15 is 0 Å². The van der Waals surface area contributed by atoms with Gasteiger partial charge in [-0.05, 0) is 50.2 Å². The van der Waals surface area contributed by atoms with Crippen LogP contribution in [0.3, 0.4) is 0 Å². The summed E-state index contributed by atoms with van der Waals surface area (Å²) < 4.78 is 8.38. The number of aryl methyl sites for hydroxylation is 2. The van der Waals surface area contributed by atoms with E-state index in [1.807, 2.05) is 31.2 Å². The van der Waals surface area contributed by atoms with Gasteiger partial charge in [-0.1, -0.05) is 12.1 Å². The fraction of sp³-hybridized carbons (Fsp3) is 0.273. The van der Waals surface area contributed by atoms with Crippen LogP contribution in [0.2, 0.25) is 0 Å². The Bertz CT molecular complexity index is 1180. The maximum atomic E-state index is 12.6. The van der Waals surface area contributed by atoms with Gasteiger partial charge in [0.05, 0.1) is 17.5 Å². The average molecular weight is 424 g/mol. The van der Waals surface area contributed by atoms with Crippen molar-refractivity contribution < 1.29 is 19.1 Å². The second-order valence-electron chi connectivity index (χ2n) is 6.98. The number of nitrogens with two attached hydrogens (primary N) is 1. The monoisotopic (exact) mass is 424 g/mol. The number of rotatable bonds is 8. The molecule has 0 spiro atoms. The standard InChI is InChI=1S/C22H24N4O5/c1-3-25-17-6-4-5-7-18(17)26(22(25)30)13-12-19(27)31-14(2)21(29)24-16-10-8-15(9-11-16)20(23)28/h4-11,14H,3,12-13H2,1-2H3,(H2,23,28)(H,24,29). The smallest absolute Gasteiger partial charge is 0.329 e. The van der Waals surface area contributed by atoms with Crippen molar-refractivity contribution >= 4 is 34.5 Å². The van der Waals surface area contributed by atoms with Gasteiger partial charge in [0.25, 0.3) is 5.91 Å². The van der Waals surface area contributed by atoms with Crippen LogP contribution >= 0.6 is 0 Å². The lowest BCUT2D eigenvalue weighted by Crippen LogP contribution is -2.31. The fourth-order valence-electron chi connectivity index (χ4n) is 3.27. The number of anilines is 1. The van der Waals surface area contributed by atoms with Gasteiger partial charge in [-0.15, -0.1) is 0 Å². The Kier molecular flexibility index (Phi) is 6.54. The summed E-state index contributed by atoms with van der Waals surface area (Å²) in [4.78, 5) is 48.2. The summed E-state index contributed by atoms with van der Waals surface area (Å²) in [5.74, 6) is -1.67. The molecule has 0 aliphatic carbocycles. The molecule has 9 nitrogen and oxygen atoms in total. The SMILES string of the molecule is CCn1c(=O)n(CCC(=O)OC(C)C(=O)Nc2ccc(C(N)=O)cc2)c2ccccc21. The van der Waals surface area contributed by atoms with Crippen LogP contribution in [0.1, 0.15) is 30.6 Å². The average Bonchev–Trinajstić information content (AvgIpc) is 3.03. The van der Waals surface area contributed by atoms with Gasteiger partial charge in [0.1, 0.15) is 0 Å². The van der Waals surface area contributed by atoms with Crippen molar-refractivity contribution in [2.24, 2.45) is 5.73 Å². The number of carbonyl (C=O) groups is 3. The molecule has 0 saturated carbocycles. The Morgan fingerprint density at radius 2 is 1.65 bits per heavy atom. The van der Waals surface area contributed by atoms with Gasteiger partial charge in [0, 0.05) is 24.3 Å². The number of nitrogens with one attached hydrogen (secondary N) is 1. The summed E-state index contributed by atoms with van der Waals surface area (Å²) in [6.45, 7) is 4.01. The first kappa shape index (κ1) is 21.8. The largest absolute Gasteiger partial charge is 0.452 e. The van der Waals surface area contributed by atoms with Crippen LogP contribution in [-0.4, -0.2) is 33.0 Å². The topological polar surface area (TPSA) is 125 Å². The highest BCUT2D eigenvalue weighted by Gasteiger charge is 2.19. The van der Waals surface area contributed by atoms with Gasteiger partial charge in [-0.25, -0.2) is 4.79 Å². The Hall–Kier alpha value is -3.88. The van der Waals surface area contributed by atoms with E-state index in [9.17, 15) is 19.2 Å². The summed E-state index contributed by atoms with van der Waals surface area (Å²) in [7, 11) is 0. The first-order valence-corrected chi connectivity index (χ1v) is 9.90. The first-order chi connectivity index (χ1) is 14.8. The van der Waals surface area contributed by atoms with E-state index < -0.39 is 23.9 Å². The second-order valence-corrected chi connectivity index (χ2v) is 6.98. The molecule has 0 bridgehead atoms. The van der Waals surface area contributed by atoms with E-state index in [0.29, 0.717) is 17.8 Å².